The normalized spacial score (nSPS) is 11.6. The van der Waals surface area contributed by atoms with Gasteiger partial charge in [0.05, 0.1) is 17.3 Å². The van der Waals surface area contributed by atoms with Gasteiger partial charge in [0.15, 0.2) is 0 Å². The van der Waals surface area contributed by atoms with Gasteiger partial charge < -0.3 is 5.32 Å². The van der Waals surface area contributed by atoms with Crippen LogP contribution in [0.4, 0.5) is 18.9 Å². The zero-order valence-corrected chi connectivity index (χ0v) is 12.8. The van der Waals surface area contributed by atoms with E-state index < -0.39 is 17.6 Å². The molecule has 24 heavy (non-hydrogen) atoms. The predicted octanol–water partition coefficient (Wildman–Crippen LogP) is 3.12. The summed E-state index contributed by atoms with van der Waals surface area (Å²) in [6, 6.07) is 5.69. The molecule has 2 heterocycles. The Morgan fingerprint density at radius 2 is 1.92 bits per heavy atom. The Hall–Kier alpha value is -2.68. The van der Waals surface area contributed by atoms with Crippen LogP contribution >= 0.6 is 11.3 Å². The Bertz CT molecular complexity index is 945. The van der Waals surface area contributed by atoms with Crippen molar-refractivity contribution < 1.29 is 18.0 Å². The van der Waals surface area contributed by atoms with Crippen LogP contribution in [-0.4, -0.2) is 15.5 Å². The Kier molecular flexibility index (Phi) is 4.10. The molecule has 1 N–H and O–H groups in total. The van der Waals surface area contributed by atoms with E-state index >= 15 is 0 Å². The molecule has 0 aliphatic rings. The predicted molar refractivity (Wildman–Crippen MR) is 84.0 cm³/mol. The number of thiophene rings is 1. The van der Waals surface area contributed by atoms with Crippen molar-refractivity contribution in [3.8, 4) is 0 Å². The monoisotopic (exact) mass is 353 g/mol. The number of aromatic nitrogens is 2. The van der Waals surface area contributed by atoms with Crippen molar-refractivity contribution in [1.82, 2.24) is 9.55 Å². The third kappa shape index (κ3) is 3.30. The number of carbonyl (C=O) groups is 1. The van der Waals surface area contributed by atoms with Gasteiger partial charge >= 0.3 is 6.18 Å². The van der Waals surface area contributed by atoms with Crippen molar-refractivity contribution >= 4 is 33.1 Å². The molecule has 124 valence electrons. The summed E-state index contributed by atoms with van der Waals surface area (Å²) < 4.78 is 38.6. The number of hydrogen-bond acceptors (Lipinski definition) is 4. The molecule has 0 bridgehead atoms. The van der Waals surface area contributed by atoms with Crippen LogP contribution in [0.5, 0.6) is 0 Å². The van der Waals surface area contributed by atoms with Gasteiger partial charge in [-0.05, 0) is 35.7 Å². The summed E-state index contributed by atoms with van der Waals surface area (Å²) in [5.41, 5.74) is -0.932. The number of nitrogens with one attached hydrogen (secondary N) is 1. The smallest absolute Gasteiger partial charge is 0.325 e. The van der Waals surface area contributed by atoms with Crippen LogP contribution in [0.2, 0.25) is 0 Å². The first kappa shape index (κ1) is 16.2. The lowest BCUT2D eigenvalue weighted by Crippen LogP contribution is -2.27. The summed E-state index contributed by atoms with van der Waals surface area (Å²) in [6.07, 6.45) is -3.16. The molecule has 3 aromatic rings. The fourth-order valence-electron chi connectivity index (χ4n) is 2.10. The molecule has 0 saturated carbocycles. The molecule has 0 aliphatic heterocycles. The fourth-order valence-corrected chi connectivity index (χ4v) is 2.83. The molecule has 0 aliphatic carbocycles. The van der Waals surface area contributed by atoms with Crippen LogP contribution in [0.3, 0.4) is 0 Å². The van der Waals surface area contributed by atoms with E-state index in [1.165, 1.54) is 17.7 Å². The maximum atomic E-state index is 12.5. The van der Waals surface area contributed by atoms with Crippen molar-refractivity contribution in [2.75, 3.05) is 5.32 Å². The van der Waals surface area contributed by atoms with Gasteiger partial charge in [-0.1, -0.05) is 0 Å². The maximum Gasteiger partial charge on any atom is 0.416 e. The number of amides is 1. The van der Waals surface area contributed by atoms with E-state index in [2.05, 4.69) is 10.3 Å². The first-order valence-corrected chi connectivity index (χ1v) is 7.62. The third-order valence-electron chi connectivity index (χ3n) is 3.26. The van der Waals surface area contributed by atoms with Crippen LogP contribution in [0.15, 0.2) is 46.8 Å². The summed E-state index contributed by atoms with van der Waals surface area (Å²) in [5.74, 6) is -0.534. The molecule has 3 rings (SSSR count). The van der Waals surface area contributed by atoms with Crippen LogP contribution in [0.25, 0.3) is 10.2 Å². The van der Waals surface area contributed by atoms with E-state index in [9.17, 15) is 22.8 Å². The second kappa shape index (κ2) is 6.08. The fraction of sp³-hybridized carbons (Fsp3) is 0.133. The Morgan fingerprint density at radius 3 is 2.58 bits per heavy atom. The van der Waals surface area contributed by atoms with Gasteiger partial charge in [0.2, 0.25) is 5.91 Å². The molecule has 1 aromatic carbocycles. The highest BCUT2D eigenvalue weighted by Gasteiger charge is 2.29. The highest BCUT2D eigenvalue weighted by molar-refractivity contribution is 7.16. The summed E-state index contributed by atoms with van der Waals surface area (Å²) in [6.45, 7) is -0.279. The molecule has 1 amide bonds. The topological polar surface area (TPSA) is 64.0 Å². The molecule has 0 unspecified atom stereocenters. The van der Waals surface area contributed by atoms with Gasteiger partial charge in [-0.2, -0.15) is 13.2 Å². The number of anilines is 1. The lowest BCUT2D eigenvalue weighted by Gasteiger charge is -2.09. The minimum Gasteiger partial charge on any atom is -0.325 e. The Balaban J connectivity index is 1.73. The molecule has 5 nitrogen and oxygen atoms in total. The number of nitrogens with zero attached hydrogens (tertiary/aromatic N) is 2. The molecule has 9 heteroatoms. The van der Waals surface area contributed by atoms with E-state index in [0.29, 0.717) is 10.2 Å². The average Bonchev–Trinajstić information content (AvgIpc) is 2.99. The summed E-state index contributed by atoms with van der Waals surface area (Å²) in [7, 11) is 0. The Labute approximate surface area is 137 Å². The lowest BCUT2D eigenvalue weighted by atomic mass is 10.2. The van der Waals surface area contributed by atoms with Gasteiger partial charge in [-0.25, -0.2) is 4.98 Å². The first-order chi connectivity index (χ1) is 11.3. The molecule has 0 atom stereocenters. The number of alkyl halides is 3. The Morgan fingerprint density at radius 1 is 1.21 bits per heavy atom. The number of halogens is 3. The van der Waals surface area contributed by atoms with Crippen LogP contribution < -0.4 is 10.9 Å². The van der Waals surface area contributed by atoms with Gasteiger partial charge in [0, 0.05) is 5.69 Å². The van der Waals surface area contributed by atoms with Crippen LogP contribution in [0, 0.1) is 0 Å². The number of rotatable bonds is 3. The zero-order chi connectivity index (χ0) is 17.3. The molecule has 0 saturated heterocycles. The zero-order valence-electron chi connectivity index (χ0n) is 12.0. The largest absolute Gasteiger partial charge is 0.416 e. The van der Waals surface area contributed by atoms with E-state index in [1.54, 1.807) is 11.4 Å². The maximum absolute atomic E-state index is 12.5. The average molecular weight is 353 g/mol. The second-order valence-electron chi connectivity index (χ2n) is 4.94. The summed E-state index contributed by atoms with van der Waals surface area (Å²) >= 11 is 1.32. The molecule has 2 aromatic heterocycles. The number of fused-ring (bicyclic) bond motifs is 1. The van der Waals surface area contributed by atoms with E-state index in [4.69, 9.17) is 0 Å². The van der Waals surface area contributed by atoms with Crippen LogP contribution in [0.1, 0.15) is 5.56 Å². The van der Waals surface area contributed by atoms with Crippen molar-refractivity contribution in [3.63, 3.8) is 0 Å². The highest BCUT2D eigenvalue weighted by Crippen LogP contribution is 2.29. The minimum absolute atomic E-state index is 0.214. The van der Waals surface area contributed by atoms with Gasteiger partial charge in [-0.15, -0.1) is 11.3 Å². The van der Waals surface area contributed by atoms with Gasteiger partial charge in [0.1, 0.15) is 11.4 Å². The van der Waals surface area contributed by atoms with E-state index in [1.807, 2.05) is 0 Å². The molecule has 0 spiro atoms. The molecular formula is C15H10F3N3O2S. The number of benzene rings is 1. The summed E-state index contributed by atoms with van der Waals surface area (Å²) in [5, 5.41) is 4.60. The first-order valence-electron chi connectivity index (χ1n) is 6.74. The second-order valence-corrected chi connectivity index (χ2v) is 5.83. The van der Waals surface area contributed by atoms with Crippen molar-refractivity contribution in [3.05, 3.63) is 58.0 Å². The standard InChI is InChI=1S/C15H10F3N3O2S/c16-15(17,18)9-1-3-10(4-2-9)20-12(22)7-21-8-19-13-11(14(21)23)5-6-24-13/h1-6,8H,7H2,(H,20,22). The molecular weight excluding hydrogens is 343 g/mol. The van der Waals surface area contributed by atoms with E-state index in [0.717, 1.165) is 28.8 Å². The molecule has 0 radical (unpaired) electrons. The highest BCUT2D eigenvalue weighted by atomic mass is 32.1. The third-order valence-corrected chi connectivity index (χ3v) is 4.08. The minimum atomic E-state index is -4.43. The SMILES string of the molecule is O=C(Cn1cnc2sccc2c1=O)Nc1ccc(C(F)(F)F)cc1. The van der Waals surface area contributed by atoms with E-state index in [-0.39, 0.29) is 17.8 Å². The van der Waals surface area contributed by atoms with Crippen molar-refractivity contribution in [2.24, 2.45) is 0 Å². The van der Waals surface area contributed by atoms with Crippen molar-refractivity contribution in [2.45, 2.75) is 12.7 Å². The van der Waals surface area contributed by atoms with Crippen LogP contribution in [-0.2, 0) is 17.5 Å². The summed E-state index contributed by atoms with van der Waals surface area (Å²) in [4.78, 5) is 28.8. The van der Waals surface area contributed by atoms with Crippen molar-refractivity contribution in [1.29, 1.82) is 0 Å². The lowest BCUT2D eigenvalue weighted by molar-refractivity contribution is -0.137. The van der Waals surface area contributed by atoms with Gasteiger partial charge in [-0.3, -0.25) is 14.2 Å². The number of carbonyl (C=O) groups excluding carboxylic acids is 1. The number of hydrogen-bond donors (Lipinski definition) is 1. The molecule has 0 fully saturated rings. The van der Waals surface area contributed by atoms with Gasteiger partial charge in [0.25, 0.3) is 5.56 Å². The quantitative estimate of drug-likeness (QED) is 0.787.